The summed E-state index contributed by atoms with van der Waals surface area (Å²) in [5.41, 5.74) is -0.452. The van der Waals surface area contributed by atoms with E-state index in [-0.39, 0.29) is 12.0 Å². The first-order valence-electron chi connectivity index (χ1n) is 6.44. The van der Waals surface area contributed by atoms with Gasteiger partial charge in [0.25, 0.3) is 0 Å². The van der Waals surface area contributed by atoms with Crippen molar-refractivity contribution in [3.63, 3.8) is 0 Å². The number of nitrogens with zero attached hydrogens (tertiary/aromatic N) is 5. The van der Waals surface area contributed by atoms with Crippen molar-refractivity contribution in [2.75, 3.05) is 13.1 Å². The first-order chi connectivity index (χ1) is 8.85. The van der Waals surface area contributed by atoms with E-state index in [9.17, 15) is 4.79 Å². The van der Waals surface area contributed by atoms with Crippen LogP contribution in [0.4, 0.5) is 4.79 Å². The monoisotopic (exact) mass is 266 g/mol. The molecule has 1 radical (unpaired) electrons. The van der Waals surface area contributed by atoms with Crippen molar-refractivity contribution in [2.45, 2.75) is 45.1 Å². The molecule has 1 aliphatic rings. The summed E-state index contributed by atoms with van der Waals surface area (Å²) in [6, 6.07) is 0. The molecule has 1 aromatic heterocycles. The summed E-state index contributed by atoms with van der Waals surface area (Å²) in [4.78, 5) is 14.9. The predicted octanol–water partition coefficient (Wildman–Crippen LogP) is 1.43. The van der Waals surface area contributed by atoms with Crippen molar-refractivity contribution in [2.24, 2.45) is 0 Å². The van der Waals surface area contributed by atoms with Crippen LogP contribution in [0.3, 0.4) is 0 Å². The van der Waals surface area contributed by atoms with E-state index in [1.807, 2.05) is 20.8 Å². The highest BCUT2D eigenvalue weighted by molar-refractivity contribution is 5.68. The topological polar surface area (TPSA) is 73.1 Å². The lowest BCUT2D eigenvalue weighted by Crippen LogP contribution is -2.41. The van der Waals surface area contributed by atoms with E-state index in [2.05, 4.69) is 22.5 Å². The van der Waals surface area contributed by atoms with Gasteiger partial charge in [-0.15, -0.1) is 10.2 Å². The molecule has 1 aromatic rings. The van der Waals surface area contributed by atoms with E-state index >= 15 is 0 Å². The molecule has 0 spiro atoms. The van der Waals surface area contributed by atoms with E-state index in [1.54, 1.807) is 4.90 Å². The Bertz CT molecular complexity index is 443. The molecule has 0 aliphatic carbocycles. The highest BCUT2D eigenvalue weighted by Gasteiger charge is 2.29. The molecule has 2 heterocycles. The second-order valence-electron chi connectivity index (χ2n) is 5.76. The van der Waals surface area contributed by atoms with Gasteiger partial charge in [0.05, 0.1) is 7.05 Å². The molecular formula is C12H20N5O2. The fraction of sp³-hybridized carbons (Fsp3) is 0.750. The van der Waals surface area contributed by atoms with Gasteiger partial charge in [0.1, 0.15) is 5.60 Å². The second kappa shape index (κ2) is 5.14. The number of hydrogen-bond acceptors (Lipinski definition) is 5. The van der Waals surface area contributed by atoms with Crippen LogP contribution in [0.5, 0.6) is 0 Å². The van der Waals surface area contributed by atoms with Crippen molar-refractivity contribution in [1.29, 1.82) is 0 Å². The summed E-state index contributed by atoms with van der Waals surface area (Å²) in [5, 5.41) is 11.8. The summed E-state index contributed by atoms with van der Waals surface area (Å²) in [5.74, 6) is 0.952. The average molecular weight is 266 g/mol. The summed E-state index contributed by atoms with van der Waals surface area (Å²) in [6.45, 7) is 6.92. The molecule has 105 valence electrons. The van der Waals surface area contributed by atoms with Gasteiger partial charge in [0, 0.05) is 19.0 Å². The Labute approximate surface area is 112 Å². The maximum absolute atomic E-state index is 11.9. The van der Waals surface area contributed by atoms with Gasteiger partial charge in [-0.05, 0) is 38.8 Å². The van der Waals surface area contributed by atoms with Gasteiger partial charge < -0.3 is 9.64 Å². The van der Waals surface area contributed by atoms with Crippen molar-refractivity contribution in [1.82, 2.24) is 25.1 Å². The van der Waals surface area contributed by atoms with Crippen LogP contribution < -0.4 is 0 Å². The number of amides is 1. The number of tetrazole rings is 1. The first kappa shape index (κ1) is 13.8. The molecule has 2 rings (SSSR count). The van der Waals surface area contributed by atoms with Gasteiger partial charge in [-0.1, -0.05) is 0 Å². The number of carbonyl (C=O) groups excluding carboxylic acids is 1. The van der Waals surface area contributed by atoms with Gasteiger partial charge in [0.2, 0.25) is 0 Å². The third kappa shape index (κ3) is 3.65. The summed E-state index contributed by atoms with van der Waals surface area (Å²) in [6.07, 6.45) is 1.40. The van der Waals surface area contributed by atoms with Crippen LogP contribution in [-0.4, -0.2) is 49.9 Å². The fourth-order valence-corrected chi connectivity index (χ4v) is 2.07. The van der Waals surface area contributed by atoms with Crippen LogP contribution in [-0.2, 0) is 4.74 Å². The molecule has 0 unspecified atom stereocenters. The minimum atomic E-state index is -0.452. The fourth-order valence-electron chi connectivity index (χ4n) is 2.07. The van der Waals surface area contributed by atoms with Crippen molar-refractivity contribution in [3.05, 3.63) is 12.9 Å². The molecule has 0 saturated carbocycles. The highest BCUT2D eigenvalue weighted by Crippen LogP contribution is 2.25. The molecule has 7 nitrogen and oxygen atoms in total. The van der Waals surface area contributed by atoms with E-state index < -0.39 is 5.60 Å². The van der Waals surface area contributed by atoms with Gasteiger partial charge in [-0.3, -0.25) is 0 Å². The molecule has 1 saturated heterocycles. The number of likely N-dealkylation sites (tertiary alicyclic amines) is 1. The molecule has 19 heavy (non-hydrogen) atoms. The van der Waals surface area contributed by atoms with E-state index in [4.69, 9.17) is 4.74 Å². The third-order valence-electron chi connectivity index (χ3n) is 2.98. The van der Waals surface area contributed by atoms with E-state index in [0.717, 1.165) is 12.8 Å². The van der Waals surface area contributed by atoms with Crippen LogP contribution in [0.25, 0.3) is 0 Å². The smallest absolute Gasteiger partial charge is 0.410 e. The van der Waals surface area contributed by atoms with Crippen LogP contribution in [0, 0.1) is 7.05 Å². The Balaban J connectivity index is 1.87. The summed E-state index contributed by atoms with van der Waals surface area (Å²) in [7, 11) is 3.57. The van der Waals surface area contributed by atoms with E-state index in [0.29, 0.717) is 18.9 Å². The number of carbonyl (C=O) groups is 1. The Kier molecular flexibility index (Phi) is 3.73. The average Bonchev–Trinajstić information content (AvgIpc) is 2.74. The Hall–Kier alpha value is -1.66. The first-order valence-corrected chi connectivity index (χ1v) is 6.44. The number of piperidine rings is 1. The van der Waals surface area contributed by atoms with E-state index in [1.165, 1.54) is 4.80 Å². The highest BCUT2D eigenvalue weighted by atomic mass is 16.6. The molecule has 0 bridgehead atoms. The van der Waals surface area contributed by atoms with Gasteiger partial charge in [0.15, 0.2) is 5.82 Å². The molecule has 0 atom stereocenters. The third-order valence-corrected chi connectivity index (χ3v) is 2.98. The van der Waals surface area contributed by atoms with Crippen LogP contribution in [0.2, 0.25) is 0 Å². The van der Waals surface area contributed by atoms with Crippen LogP contribution in [0.15, 0.2) is 0 Å². The quantitative estimate of drug-likeness (QED) is 0.768. The van der Waals surface area contributed by atoms with Crippen molar-refractivity contribution < 1.29 is 9.53 Å². The lowest BCUT2D eigenvalue weighted by atomic mass is 9.96. The molecule has 0 aromatic carbocycles. The Morgan fingerprint density at radius 3 is 2.47 bits per heavy atom. The maximum atomic E-state index is 11.9. The number of aromatic nitrogens is 4. The summed E-state index contributed by atoms with van der Waals surface area (Å²) < 4.78 is 5.35. The second-order valence-corrected chi connectivity index (χ2v) is 5.76. The minimum Gasteiger partial charge on any atom is -0.444 e. The van der Waals surface area contributed by atoms with Gasteiger partial charge in [-0.2, -0.15) is 4.80 Å². The maximum Gasteiger partial charge on any atom is 0.410 e. The molecular weight excluding hydrogens is 246 g/mol. The van der Waals surface area contributed by atoms with Crippen molar-refractivity contribution in [3.8, 4) is 0 Å². The predicted molar refractivity (Wildman–Crippen MR) is 68.4 cm³/mol. The van der Waals surface area contributed by atoms with Gasteiger partial charge >= 0.3 is 6.09 Å². The number of rotatable bonds is 1. The summed E-state index contributed by atoms with van der Waals surface area (Å²) >= 11 is 0. The Morgan fingerprint density at radius 2 is 2.00 bits per heavy atom. The molecule has 0 N–H and O–H groups in total. The lowest BCUT2D eigenvalue weighted by Gasteiger charge is -2.32. The van der Waals surface area contributed by atoms with Crippen LogP contribution in [0.1, 0.15) is 45.4 Å². The van der Waals surface area contributed by atoms with Crippen molar-refractivity contribution >= 4 is 6.09 Å². The largest absolute Gasteiger partial charge is 0.444 e. The Morgan fingerprint density at radius 1 is 1.37 bits per heavy atom. The molecule has 1 fully saturated rings. The standard InChI is InChI=1S/C12H20N5O2/c1-12(2,3)19-11(18)17-7-5-9(6-8-17)10-13-15-16(4)14-10/h9H,4-8H2,1-3H3. The molecule has 7 heteroatoms. The van der Waals surface area contributed by atoms with Gasteiger partial charge in [-0.25, -0.2) is 4.79 Å². The zero-order chi connectivity index (χ0) is 14.0. The zero-order valence-electron chi connectivity index (χ0n) is 11.7. The SMILES string of the molecule is [CH2]n1nnc(C2CCN(C(=O)OC(C)(C)C)CC2)n1. The lowest BCUT2D eigenvalue weighted by molar-refractivity contribution is 0.0203. The van der Waals surface area contributed by atoms with Crippen LogP contribution >= 0.6 is 0 Å². The number of hydrogen-bond donors (Lipinski definition) is 0. The molecule has 1 aliphatic heterocycles. The molecule has 1 amide bonds. The zero-order valence-corrected chi connectivity index (χ0v) is 11.7. The number of ether oxygens (including phenoxy) is 1. The normalized spacial score (nSPS) is 17.6. The minimum absolute atomic E-state index is 0.245.